The molecule has 3 rings (SSSR count). The van der Waals surface area contributed by atoms with Gasteiger partial charge in [0.2, 0.25) is 0 Å². The molecule has 124 valence electrons. The number of hydrogen-bond acceptors (Lipinski definition) is 3. The number of methoxy groups -OCH3 is 1. The second kappa shape index (κ2) is 6.70. The molecule has 23 heavy (non-hydrogen) atoms. The number of benzene rings is 1. The maximum Gasteiger partial charge on any atom is 0.328 e. The minimum absolute atomic E-state index is 0.0955. The van der Waals surface area contributed by atoms with Crippen molar-refractivity contribution < 1.29 is 14.3 Å². The standard InChI is InChI=1S/C17H19Cl2NO3/c1-23-17(22)15-8-10-4-2-3-5-14(10)20(15)16(21)11-6-12(18)9-13(19)7-11/h6-7,9-10,14-15H,2-5,8H2,1H3/t10-,14-,15-/m0/s1. The van der Waals surface area contributed by atoms with Crippen molar-refractivity contribution >= 4 is 35.1 Å². The first-order valence-electron chi connectivity index (χ1n) is 7.88. The minimum Gasteiger partial charge on any atom is -0.467 e. The summed E-state index contributed by atoms with van der Waals surface area (Å²) in [5, 5.41) is 0.824. The molecule has 3 atom stereocenters. The lowest BCUT2D eigenvalue weighted by Gasteiger charge is -2.33. The fourth-order valence-electron chi connectivity index (χ4n) is 3.93. The Morgan fingerprint density at radius 2 is 1.78 bits per heavy atom. The van der Waals surface area contributed by atoms with Crippen molar-refractivity contribution in [2.24, 2.45) is 5.92 Å². The molecule has 0 unspecified atom stereocenters. The van der Waals surface area contributed by atoms with Gasteiger partial charge in [0.05, 0.1) is 7.11 Å². The van der Waals surface area contributed by atoms with Gasteiger partial charge in [-0.3, -0.25) is 4.79 Å². The minimum atomic E-state index is -0.515. The maximum absolute atomic E-state index is 13.0. The third kappa shape index (κ3) is 3.20. The van der Waals surface area contributed by atoms with Gasteiger partial charge >= 0.3 is 5.97 Å². The highest BCUT2D eigenvalue weighted by Crippen LogP contribution is 2.41. The summed E-state index contributed by atoms with van der Waals surface area (Å²) in [5.41, 5.74) is 0.419. The van der Waals surface area contributed by atoms with E-state index < -0.39 is 6.04 Å². The molecule has 0 aromatic heterocycles. The third-order valence-electron chi connectivity index (χ3n) is 4.91. The topological polar surface area (TPSA) is 46.6 Å². The number of halogens is 2. The Labute approximate surface area is 145 Å². The van der Waals surface area contributed by atoms with Crippen molar-refractivity contribution in [2.75, 3.05) is 7.11 Å². The summed E-state index contributed by atoms with van der Waals surface area (Å²) in [6, 6.07) is 4.36. The van der Waals surface area contributed by atoms with E-state index in [0.717, 1.165) is 25.7 Å². The van der Waals surface area contributed by atoms with Gasteiger partial charge in [0.15, 0.2) is 0 Å². The summed E-state index contributed by atoms with van der Waals surface area (Å²) in [6.45, 7) is 0. The number of rotatable bonds is 2. The fraction of sp³-hybridized carbons (Fsp3) is 0.529. The molecule has 0 radical (unpaired) electrons. The van der Waals surface area contributed by atoms with Gasteiger partial charge in [0.1, 0.15) is 6.04 Å². The molecule has 1 saturated heterocycles. The summed E-state index contributed by atoms with van der Waals surface area (Å²) in [4.78, 5) is 26.9. The zero-order valence-electron chi connectivity index (χ0n) is 12.9. The molecule has 1 aromatic carbocycles. The van der Waals surface area contributed by atoms with Crippen LogP contribution in [0.4, 0.5) is 0 Å². The number of hydrogen-bond donors (Lipinski definition) is 0. The van der Waals surface area contributed by atoms with Crippen molar-refractivity contribution in [3.8, 4) is 0 Å². The number of carbonyl (C=O) groups is 2. The Morgan fingerprint density at radius 1 is 1.13 bits per heavy atom. The van der Waals surface area contributed by atoms with Crippen molar-refractivity contribution in [1.29, 1.82) is 0 Å². The number of likely N-dealkylation sites (tertiary alicyclic amines) is 1. The van der Waals surface area contributed by atoms with E-state index >= 15 is 0 Å². The Bertz CT molecular complexity index is 614. The second-order valence-corrected chi connectivity index (χ2v) is 7.13. The average molecular weight is 356 g/mol. The van der Waals surface area contributed by atoms with Crippen LogP contribution in [0.15, 0.2) is 18.2 Å². The molecule has 0 bridgehead atoms. The summed E-state index contributed by atoms with van der Waals surface area (Å²) >= 11 is 12.0. The van der Waals surface area contributed by atoms with Crippen LogP contribution in [0.1, 0.15) is 42.5 Å². The van der Waals surface area contributed by atoms with E-state index in [1.807, 2.05) is 0 Å². The molecule has 1 heterocycles. The molecule has 2 aliphatic rings. The first-order chi connectivity index (χ1) is 11.0. The second-order valence-electron chi connectivity index (χ2n) is 6.26. The van der Waals surface area contributed by atoms with Crippen LogP contribution >= 0.6 is 23.2 Å². The number of nitrogens with zero attached hydrogens (tertiary/aromatic N) is 1. The van der Waals surface area contributed by atoms with E-state index in [-0.39, 0.29) is 17.9 Å². The zero-order valence-corrected chi connectivity index (χ0v) is 14.4. The Kier molecular flexibility index (Phi) is 4.83. The fourth-order valence-corrected chi connectivity index (χ4v) is 4.45. The van der Waals surface area contributed by atoms with E-state index in [9.17, 15) is 9.59 Å². The van der Waals surface area contributed by atoms with Gasteiger partial charge < -0.3 is 9.64 Å². The molecule has 1 aromatic rings. The lowest BCUT2D eigenvalue weighted by Crippen LogP contribution is -2.46. The van der Waals surface area contributed by atoms with Gasteiger partial charge in [-0.15, -0.1) is 0 Å². The molecule has 1 saturated carbocycles. The normalized spacial score (nSPS) is 26.7. The van der Waals surface area contributed by atoms with Gasteiger partial charge in [-0.05, 0) is 43.4 Å². The molecular weight excluding hydrogens is 337 g/mol. The molecule has 4 nitrogen and oxygen atoms in total. The predicted octanol–water partition coefficient (Wildman–Crippen LogP) is 3.94. The first-order valence-corrected chi connectivity index (χ1v) is 8.63. The molecule has 0 N–H and O–H groups in total. The Balaban J connectivity index is 1.95. The quantitative estimate of drug-likeness (QED) is 0.754. The van der Waals surface area contributed by atoms with Crippen LogP contribution in [0.5, 0.6) is 0 Å². The van der Waals surface area contributed by atoms with Gasteiger partial charge in [-0.25, -0.2) is 4.79 Å². The monoisotopic (exact) mass is 355 g/mol. The molecule has 0 spiro atoms. The van der Waals surface area contributed by atoms with Crippen LogP contribution in [-0.2, 0) is 9.53 Å². The summed E-state index contributed by atoms with van der Waals surface area (Å²) < 4.78 is 4.92. The van der Waals surface area contributed by atoms with Crippen LogP contribution in [0.3, 0.4) is 0 Å². The molecular formula is C17H19Cl2NO3. The summed E-state index contributed by atoms with van der Waals surface area (Å²) in [6.07, 6.45) is 4.89. The number of carbonyl (C=O) groups excluding carboxylic acids is 2. The van der Waals surface area contributed by atoms with Gasteiger partial charge in [0, 0.05) is 21.7 Å². The van der Waals surface area contributed by atoms with E-state index in [1.54, 1.807) is 23.1 Å². The Morgan fingerprint density at radius 3 is 2.43 bits per heavy atom. The van der Waals surface area contributed by atoms with Crippen molar-refractivity contribution in [2.45, 2.75) is 44.2 Å². The van der Waals surface area contributed by atoms with Crippen molar-refractivity contribution in [1.82, 2.24) is 4.90 Å². The molecule has 1 aliphatic heterocycles. The summed E-state index contributed by atoms with van der Waals surface area (Å²) in [7, 11) is 1.36. The number of amides is 1. The van der Waals surface area contributed by atoms with E-state index in [0.29, 0.717) is 27.9 Å². The summed E-state index contributed by atoms with van der Waals surface area (Å²) in [5.74, 6) is -0.175. The highest BCUT2D eigenvalue weighted by Gasteiger charge is 2.48. The van der Waals surface area contributed by atoms with E-state index in [4.69, 9.17) is 27.9 Å². The van der Waals surface area contributed by atoms with Crippen LogP contribution in [0.2, 0.25) is 10.0 Å². The number of esters is 1. The smallest absolute Gasteiger partial charge is 0.328 e. The zero-order chi connectivity index (χ0) is 16.6. The number of ether oxygens (including phenoxy) is 1. The van der Waals surface area contributed by atoms with Gasteiger partial charge in [0.25, 0.3) is 5.91 Å². The molecule has 1 aliphatic carbocycles. The maximum atomic E-state index is 13.0. The van der Waals surface area contributed by atoms with Gasteiger partial charge in [-0.1, -0.05) is 36.0 Å². The number of fused-ring (bicyclic) bond motifs is 1. The molecule has 6 heteroatoms. The Hall–Kier alpha value is -1.26. The largest absolute Gasteiger partial charge is 0.467 e. The van der Waals surface area contributed by atoms with Crippen LogP contribution in [0, 0.1) is 5.92 Å². The third-order valence-corrected chi connectivity index (χ3v) is 5.34. The molecule has 2 fully saturated rings. The van der Waals surface area contributed by atoms with Crippen LogP contribution in [0.25, 0.3) is 0 Å². The first kappa shape index (κ1) is 16.6. The van der Waals surface area contributed by atoms with E-state index in [2.05, 4.69) is 0 Å². The average Bonchev–Trinajstić information content (AvgIpc) is 2.91. The van der Waals surface area contributed by atoms with Crippen molar-refractivity contribution in [3.05, 3.63) is 33.8 Å². The molecule has 1 amide bonds. The van der Waals surface area contributed by atoms with Crippen LogP contribution in [-0.4, -0.2) is 36.0 Å². The van der Waals surface area contributed by atoms with E-state index in [1.165, 1.54) is 7.11 Å². The lowest BCUT2D eigenvalue weighted by atomic mass is 9.84. The highest BCUT2D eigenvalue weighted by molar-refractivity contribution is 6.35. The predicted molar refractivity (Wildman–Crippen MR) is 88.8 cm³/mol. The SMILES string of the molecule is COC(=O)[C@@H]1C[C@@H]2CCCC[C@@H]2N1C(=O)c1cc(Cl)cc(Cl)c1. The highest BCUT2D eigenvalue weighted by atomic mass is 35.5. The van der Waals surface area contributed by atoms with Crippen molar-refractivity contribution in [3.63, 3.8) is 0 Å². The van der Waals surface area contributed by atoms with Gasteiger partial charge in [-0.2, -0.15) is 0 Å². The van der Waals surface area contributed by atoms with Crippen LogP contribution < -0.4 is 0 Å². The lowest BCUT2D eigenvalue weighted by molar-refractivity contribution is -0.145.